The highest BCUT2D eigenvalue weighted by atomic mass is 32.2. The van der Waals surface area contributed by atoms with Crippen molar-refractivity contribution in [2.45, 2.75) is 5.16 Å². The number of carbonyl (C=O) groups is 1. The molecule has 33 heavy (non-hydrogen) atoms. The first kappa shape index (κ1) is 22.6. The Morgan fingerprint density at radius 3 is 2.64 bits per heavy atom. The number of hydrogen-bond donors (Lipinski definition) is 1. The van der Waals surface area contributed by atoms with E-state index in [1.807, 2.05) is 60.0 Å². The molecule has 0 aliphatic heterocycles. The topological polar surface area (TPSA) is 99.2 Å². The molecule has 0 fully saturated rings. The van der Waals surface area contributed by atoms with Gasteiger partial charge in [0.15, 0.2) is 11.0 Å². The Balaban J connectivity index is 1.46. The number of amides is 1. The number of ether oxygens (including phenoxy) is 1. The molecular formula is C23H22N6O2S2. The van der Waals surface area contributed by atoms with Crippen molar-refractivity contribution in [1.82, 2.24) is 19.9 Å². The summed E-state index contributed by atoms with van der Waals surface area (Å²) in [5.41, 5.74) is 2.63. The molecule has 2 heterocycles. The number of benzene rings is 2. The average Bonchev–Trinajstić information content (AvgIpc) is 3.49. The van der Waals surface area contributed by atoms with Gasteiger partial charge >= 0.3 is 0 Å². The largest absolute Gasteiger partial charge is 0.497 e. The Hall–Kier alpha value is -3.63. The van der Waals surface area contributed by atoms with Crippen LogP contribution in [0.15, 0.2) is 77.8 Å². The number of carbonyl (C=O) groups excluding carboxylic acids is 1. The van der Waals surface area contributed by atoms with Gasteiger partial charge in [0.2, 0.25) is 11.1 Å². The number of nitrogens with zero attached hydrogens (tertiary/aromatic N) is 5. The number of anilines is 1. The van der Waals surface area contributed by atoms with Crippen LogP contribution in [0.4, 0.5) is 5.13 Å². The van der Waals surface area contributed by atoms with Crippen LogP contribution in [0.25, 0.3) is 22.6 Å². The molecule has 0 spiro atoms. The van der Waals surface area contributed by atoms with E-state index in [1.54, 1.807) is 18.1 Å². The van der Waals surface area contributed by atoms with Gasteiger partial charge in [-0.25, -0.2) is 9.66 Å². The first-order chi connectivity index (χ1) is 16.1. The lowest BCUT2D eigenvalue weighted by Gasteiger charge is -2.17. The molecule has 0 saturated carbocycles. The summed E-state index contributed by atoms with van der Waals surface area (Å²) in [5.74, 6) is 7.44. The standard InChI is InChI=1S/C23H22N6O2S2/c1-3-13-28(22-25-19(14-32-22)16-7-5-4-6-8-16)20(30)15-33-23-27-26-21(29(23)24)17-9-11-18(31-2)12-10-17/h3-12,14H,1,13,15,24H2,2H3. The Morgan fingerprint density at radius 1 is 1.18 bits per heavy atom. The fraction of sp³-hybridized carbons (Fsp3) is 0.130. The molecule has 0 radical (unpaired) electrons. The second-order valence-electron chi connectivity index (χ2n) is 6.87. The molecule has 1 amide bonds. The molecule has 8 nitrogen and oxygen atoms in total. The number of rotatable bonds is 9. The summed E-state index contributed by atoms with van der Waals surface area (Å²) in [7, 11) is 1.61. The van der Waals surface area contributed by atoms with E-state index in [-0.39, 0.29) is 11.7 Å². The van der Waals surface area contributed by atoms with Crippen LogP contribution in [0.2, 0.25) is 0 Å². The van der Waals surface area contributed by atoms with E-state index in [4.69, 9.17) is 10.6 Å². The Kier molecular flexibility index (Phi) is 7.06. The van der Waals surface area contributed by atoms with Crippen LogP contribution in [0.3, 0.4) is 0 Å². The van der Waals surface area contributed by atoms with Crippen molar-refractivity contribution in [2.24, 2.45) is 0 Å². The summed E-state index contributed by atoms with van der Waals surface area (Å²) < 4.78 is 6.56. The molecule has 2 N–H and O–H groups in total. The van der Waals surface area contributed by atoms with Gasteiger partial charge in [0.1, 0.15) is 5.75 Å². The zero-order valence-corrected chi connectivity index (χ0v) is 19.6. The molecular weight excluding hydrogens is 456 g/mol. The molecule has 2 aromatic heterocycles. The lowest BCUT2D eigenvalue weighted by molar-refractivity contribution is -0.116. The number of nitrogens with two attached hydrogens (primary N) is 1. The van der Waals surface area contributed by atoms with Gasteiger partial charge in [0.25, 0.3) is 0 Å². The van der Waals surface area contributed by atoms with Crippen molar-refractivity contribution >= 4 is 34.1 Å². The number of aromatic nitrogens is 4. The summed E-state index contributed by atoms with van der Waals surface area (Å²) in [5, 5.41) is 11.3. The minimum Gasteiger partial charge on any atom is -0.497 e. The highest BCUT2D eigenvalue weighted by Gasteiger charge is 2.20. The first-order valence-electron chi connectivity index (χ1n) is 10.0. The minimum atomic E-state index is -0.122. The average molecular weight is 479 g/mol. The van der Waals surface area contributed by atoms with Gasteiger partial charge in [-0.1, -0.05) is 48.2 Å². The second kappa shape index (κ2) is 10.3. The maximum absolute atomic E-state index is 13.0. The predicted octanol–water partition coefficient (Wildman–Crippen LogP) is 4.10. The van der Waals surface area contributed by atoms with Gasteiger partial charge in [0.05, 0.1) is 18.6 Å². The summed E-state index contributed by atoms with van der Waals surface area (Å²) >= 11 is 2.64. The summed E-state index contributed by atoms with van der Waals surface area (Å²) in [6, 6.07) is 17.2. The second-order valence-corrected chi connectivity index (χ2v) is 8.65. The molecule has 4 rings (SSSR count). The van der Waals surface area contributed by atoms with E-state index in [0.717, 1.165) is 22.6 Å². The van der Waals surface area contributed by atoms with Crippen LogP contribution in [0.1, 0.15) is 0 Å². The van der Waals surface area contributed by atoms with Crippen LogP contribution < -0.4 is 15.5 Å². The zero-order valence-electron chi connectivity index (χ0n) is 17.9. The maximum Gasteiger partial charge on any atom is 0.239 e. The van der Waals surface area contributed by atoms with Crippen molar-refractivity contribution in [3.05, 3.63) is 72.6 Å². The normalized spacial score (nSPS) is 10.7. The predicted molar refractivity (Wildman–Crippen MR) is 133 cm³/mol. The van der Waals surface area contributed by atoms with Crippen LogP contribution in [0, 0.1) is 0 Å². The van der Waals surface area contributed by atoms with Gasteiger partial charge in [-0.3, -0.25) is 9.69 Å². The molecule has 168 valence electrons. The summed E-state index contributed by atoms with van der Waals surface area (Å²) in [4.78, 5) is 19.3. The Labute approximate surface area is 199 Å². The smallest absolute Gasteiger partial charge is 0.239 e. The van der Waals surface area contributed by atoms with Crippen LogP contribution >= 0.6 is 23.1 Å². The molecule has 0 aliphatic carbocycles. The van der Waals surface area contributed by atoms with Crippen LogP contribution in [0.5, 0.6) is 5.75 Å². The summed E-state index contributed by atoms with van der Waals surface area (Å²) in [6.07, 6.45) is 1.68. The molecule has 4 aromatic rings. The number of thioether (sulfide) groups is 1. The third-order valence-corrected chi connectivity index (χ3v) is 6.53. The van der Waals surface area contributed by atoms with Crippen LogP contribution in [-0.2, 0) is 4.79 Å². The Morgan fingerprint density at radius 2 is 1.94 bits per heavy atom. The van der Waals surface area contributed by atoms with Gasteiger partial charge in [-0.15, -0.1) is 28.1 Å². The van der Waals surface area contributed by atoms with E-state index in [1.165, 1.54) is 27.8 Å². The number of hydrogen-bond acceptors (Lipinski definition) is 8. The Bertz CT molecular complexity index is 1240. The molecule has 0 saturated heterocycles. The van der Waals surface area contributed by atoms with Crippen molar-refractivity contribution in [3.8, 4) is 28.4 Å². The van der Waals surface area contributed by atoms with Crippen molar-refractivity contribution in [1.29, 1.82) is 0 Å². The van der Waals surface area contributed by atoms with E-state index >= 15 is 0 Å². The van der Waals surface area contributed by atoms with Gasteiger partial charge in [0, 0.05) is 23.1 Å². The van der Waals surface area contributed by atoms with Crippen molar-refractivity contribution in [3.63, 3.8) is 0 Å². The third kappa shape index (κ3) is 5.07. The van der Waals surface area contributed by atoms with Gasteiger partial charge in [-0.05, 0) is 24.3 Å². The number of methoxy groups -OCH3 is 1. The van der Waals surface area contributed by atoms with E-state index in [2.05, 4.69) is 21.8 Å². The highest BCUT2D eigenvalue weighted by molar-refractivity contribution is 7.99. The highest BCUT2D eigenvalue weighted by Crippen LogP contribution is 2.29. The molecule has 10 heteroatoms. The zero-order chi connectivity index (χ0) is 23.2. The minimum absolute atomic E-state index is 0.122. The lowest BCUT2D eigenvalue weighted by Crippen LogP contribution is -2.32. The fourth-order valence-corrected chi connectivity index (χ4v) is 4.66. The van der Waals surface area contributed by atoms with E-state index in [0.29, 0.717) is 22.7 Å². The monoisotopic (exact) mass is 478 g/mol. The van der Waals surface area contributed by atoms with Crippen molar-refractivity contribution in [2.75, 3.05) is 30.1 Å². The molecule has 0 atom stereocenters. The first-order valence-corrected chi connectivity index (χ1v) is 11.9. The third-order valence-electron chi connectivity index (χ3n) is 4.74. The van der Waals surface area contributed by atoms with Gasteiger partial charge in [-0.2, -0.15) is 0 Å². The molecule has 0 bridgehead atoms. The molecule has 2 aromatic carbocycles. The number of thiazole rings is 1. The maximum atomic E-state index is 13.0. The lowest BCUT2D eigenvalue weighted by atomic mass is 10.2. The number of nitrogen functional groups attached to an aromatic ring is 1. The SMILES string of the molecule is C=CCN(C(=O)CSc1nnc(-c2ccc(OC)cc2)n1N)c1nc(-c2ccccc2)cs1. The summed E-state index contributed by atoms with van der Waals surface area (Å²) in [6.45, 7) is 4.13. The molecule has 0 aliphatic rings. The van der Waals surface area contributed by atoms with Gasteiger partial charge < -0.3 is 10.6 Å². The fourth-order valence-electron chi connectivity index (χ4n) is 3.06. The van der Waals surface area contributed by atoms with Crippen LogP contribution in [-0.4, -0.2) is 45.2 Å². The van der Waals surface area contributed by atoms with Crippen molar-refractivity contribution < 1.29 is 9.53 Å². The van der Waals surface area contributed by atoms with E-state index < -0.39 is 0 Å². The quantitative estimate of drug-likeness (QED) is 0.220. The van der Waals surface area contributed by atoms with E-state index in [9.17, 15) is 4.79 Å². The molecule has 0 unspecified atom stereocenters.